The molecule has 0 saturated heterocycles. The van der Waals surface area contributed by atoms with Crippen molar-refractivity contribution < 1.29 is 24.1 Å². The summed E-state index contributed by atoms with van der Waals surface area (Å²) in [5.41, 5.74) is 1.55. The summed E-state index contributed by atoms with van der Waals surface area (Å²) in [6.45, 7) is 0.194. The first-order chi connectivity index (χ1) is 15.1. The largest absolute Gasteiger partial charge is 0.497 e. The van der Waals surface area contributed by atoms with Crippen LogP contribution in [0.4, 0.5) is 0 Å². The summed E-state index contributed by atoms with van der Waals surface area (Å²) in [4.78, 5) is 13.3. The van der Waals surface area contributed by atoms with Crippen LogP contribution in [0.2, 0.25) is 0 Å². The zero-order chi connectivity index (χ0) is 21.9. The van der Waals surface area contributed by atoms with Gasteiger partial charge in [-0.25, -0.2) is 0 Å². The molecule has 4 rings (SSSR count). The van der Waals surface area contributed by atoms with Crippen LogP contribution in [0.1, 0.15) is 23.1 Å². The number of rotatable bonds is 8. The fourth-order valence-electron chi connectivity index (χ4n) is 4.70. The summed E-state index contributed by atoms with van der Waals surface area (Å²) in [5, 5.41) is 9.01. The van der Waals surface area contributed by atoms with E-state index in [1.165, 1.54) is 7.11 Å². The van der Waals surface area contributed by atoms with Gasteiger partial charge in [-0.3, -0.25) is 4.79 Å². The molecule has 3 aromatic rings. The van der Waals surface area contributed by atoms with E-state index in [0.29, 0.717) is 12.2 Å². The molecule has 0 spiro atoms. The molecule has 2 atom stereocenters. The van der Waals surface area contributed by atoms with Crippen molar-refractivity contribution in [1.82, 2.24) is 0 Å². The van der Waals surface area contributed by atoms with Crippen LogP contribution in [0.25, 0.3) is 0 Å². The third kappa shape index (κ3) is 3.35. The summed E-state index contributed by atoms with van der Waals surface area (Å²) in [6.07, 6.45) is 0.597. The van der Waals surface area contributed by atoms with Crippen molar-refractivity contribution in [2.75, 3.05) is 27.4 Å². The van der Waals surface area contributed by atoms with Crippen LogP contribution in [0, 0.1) is 0 Å². The molecule has 31 heavy (non-hydrogen) atoms. The predicted molar refractivity (Wildman–Crippen MR) is 118 cm³/mol. The number of aliphatic hydroxyl groups is 1. The number of aliphatic hydroxyl groups excluding tert-OH is 1. The van der Waals surface area contributed by atoms with Crippen molar-refractivity contribution in [2.24, 2.45) is 0 Å². The molecule has 1 N–H and O–H groups in total. The predicted octanol–water partition coefficient (Wildman–Crippen LogP) is 3.87. The minimum atomic E-state index is -0.844. The highest BCUT2D eigenvalue weighted by Crippen LogP contribution is 2.69. The lowest BCUT2D eigenvalue weighted by Gasteiger charge is -2.26. The molecule has 0 radical (unpaired) electrons. The van der Waals surface area contributed by atoms with Crippen LogP contribution in [0.3, 0.4) is 0 Å². The van der Waals surface area contributed by atoms with Crippen LogP contribution in [0.15, 0.2) is 78.9 Å². The van der Waals surface area contributed by atoms with Gasteiger partial charge in [0, 0.05) is 5.41 Å². The average molecular weight is 418 g/mol. The monoisotopic (exact) mass is 418 g/mol. The molecule has 1 aliphatic carbocycles. The van der Waals surface area contributed by atoms with Gasteiger partial charge in [-0.05, 0) is 47.4 Å². The van der Waals surface area contributed by atoms with Crippen molar-refractivity contribution in [3.63, 3.8) is 0 Å². The van der Waals surface area contributed by atoms with Crippen molar-refractivity contribution in [3.8, 4) is 11.5 Å². The Kier molecular flexibility index (Phi) is 5.70. The number of hydrogen-bond acceptors (Lipinski definition) is 5. The molecule has 1 aliphatic rings. The number of esters is 1. The minimum absolute atomic E-state index is 0.0430. The molecule has 0 heterocycles. The van der Waals surface area contributed by atoms with E-state index in [1.54, 1.807) is 7.11 Å². The lowest BCUT2D eigenvalue weighted by Crippen LogP contribution is -2.32. The van der Waals surface area contributed by atoms with Gasteiger partial charge in [0.1, 0.15) is 23.5 Å². The van der Waals surface area contributed by atoms with Gasteiger partial charge < -0.3 is 19.3 Å². The van der Waals surface area contributed by atoms with Gasteiger partial charge in [-0.2, -0.15) is 0 Å². The Morgan fingerprint density at radius 3 is 2.00 bits per heavy atom. The standard InChI is InChI=1S/C26H26O5/c1-29-22-12-8-21(9-13-22)26(24(28)30-2)18-25(26,19-6-4-3-5-7-19)20-10-14-23(15-11-20)31-17-16-27/h3-15,27H,16-18H2,1-2H3/t25-,26-/m1/s1. The number of carbonyl (C=O) groups is 1. The second-order valence-electron chi connectivity index (χ2n) is 7.67. The Balaban J connectivity index is 1.86. The van der Waals surface area contributed by atoms with Gasteiger partial charge in [0.15, 0.2) is 0 Å². The Bertz CT molecular complexity index is 1030. The number of hydrogen-bond donors (Lipinski definition) is 1. The summed E-state index contributed by atoms with van der Waals surface area (Å²) < 4.78 is 16.2. The van der Waals surface area contributed by atoms with E-state index in [2.05, 4.69) is 12.1 Å². The van der Waals surface area contributed by atoms with Gasteiger partial charge in [0.2, 0.25) is 0 Å². The molecule has 0 aromatic heterocycles. The zero-order valence-electron chi connectivity index (χ0n) is 17.7. The number of carbonyl (C=O) groups excluding carboxylic acids is 1. The maximum absolute atomic E-state index is 13.3. The van der Waals surface area contributed by atoms with E-state index in [0.717, 1.165) is 22.4 Å². The quantitative estimate of drug-likeness (QED) is 0.563. The molecule has 0 amide bonds. The molecule has 1 fully saturated rings. The topological polar surface area (TPSA) is 65.0 Å². The fourth-order valence-corrected chi connectivity index (χ4v) is 4.70. The van der Waals surface area contributed by atoms with Crippen molar-refractivity contribution in [3.05, 3.63) is 95.6 Å². The van der Waals surface area contributed by atoms with Gasteiger partial charge in [0.05, 0.1) is 20.8 Å². The first kappa shape index (κ1) is 20.9. The SMILES string of the molecule is COC(=O)[C@]1(c2ccc(OC)cc2)C[C@@]1(c1ccccc1)c1ccc(OCCO)cc1. The highest BCUT2D eigenvalue weighted by Gasteiger charge is 2.74. The van der Waals surface area contributed by atoms with Crippen molar-refractivity contribution in [1.29, 1.82) is 0 Å². The van der Waals surface area contributed by atoms with E-state index in [1.807, 2.05) is 66.7 Å². The third-order valence-corrected chi connectivity index (χ3v) is 6.22. The van der Waals surface area contributed by atoms with E-state index in [9.17, 15) is 4.79 Å². The summed E-state index contributed by atoms with van der Waals surface area (Å²) in [7, 11) is 3.06. The Labute approximate surface area is 182 Å². The molecule has 0 unspecified atom stereocenters. The normalized spacial score (nSPS) is 21.9. The summed E-state index contributed by atoms with van der Waals surface area (Å²) in [5.74, 6) is 1.15. The maximum Gasteiger partial charge on any atom is 0.317 e. The second kappa shape index (κ2) is 8.44. The van der Waals surface area contributed by atoms with Crippen LogP contribution in [-0.2, 0) is 20.4 Å². The molecule has 3 aromatic carbocycles. The molecule has 0 aliphatic heterocycles. The Morgan fingerprint density at radius 2 is 1.42 bits per heavy atom. The Hall–Kier alpha value is -3.31. The molecule has 0 bridgehead atoms. The van der Waals surface area contributed by atoms with E-state index >= 15 is 0 Å². The fraction of sp³-hybridized carbons (Fsp3) is 0.269. The zero-order valence-corrected chi connectivity index (χ0v) is 17.7. The summed E-state index contributed by atoms with van der Waals surface area (Å²) in [6, 6.07) is 25.5. The summed E-state index contributed by atoms with van der Waals surface area (Å²) >= 11 is 0. The first-order valence-corrected chi connectivity index (χ1v) is 10.2. The average Bonchev–Trinajstić information content (AvgIpc) is 3.55. The lowest BCUT2D eigenvalue weighted by atomic mass is 9.77. The van der Waals surface area contributed by atoms with E-state index in [4.69, 9.17) is 19.3 Å². The van der Waals surface area contributed by atoms with E-state index in [-0.39, 0.29) is 19.2 Å². The highest BCUT2D eigenvalue weighted by molar-refractivity contribution is 5.93. The number of ether oxygens (including phenoxy) is 3. The van der Waals surface area contributed by atoms with Crippen LogP contribution in [-0.4, -0.2) is 38.5 Å². The van der Waals surface area contributed by atoms with E-state index < -0.39 is 10.8 Å². The van der Waals surface area contributed by atoms with Crippen molar-refractivity contribution >= 4 is 5.97 Å². The van der Waals surface area contributed by atoms with Crippen LogP contribution >= 0.6 is 0 Å². The minimum Gasteiger partial charge on any atom is -0.497 e. The van der Waals surface area contributed by atoms with Crippen LogP contribution in [0.5, 0.6) is 11.5 Å². The Morgan fingerprint density at radius 1 is 0.839 bits per heavy atom. The van der Waals surface area contributed by atoms with Crippen molar-refractivity contribution in [2.45, 2.75) is 17.3 Å². The lowest BCUT2D eigenvalue weighted by molar-refractivity contribution is -0.144. The third-order valence-electron chi connectivity index (χ3n) is 6.22. The van der Waals surface area contributed by atoms with Crippen LogP contribution < -0.4 is 9.47 Å². The first-order valence-electron chi connectivity index (χ1n) is 10.2. The molecule has 5 heteroatoms. The second-order valence-corrected chi connectivity index (χ2v) is 7.67. The molecule has 1 saturated carbocycles. The molecular weight excluding hydrogens is 392 g/mol. The molecular formula is C26H26O5. The van der Waals surface area contributed by atoms with Gasteiger partial charge >= 0.3 is 5.97 Å². The highest BCUT2D eigenvalue weighted by atomic mass is 16.5. The maximum atomic E-state index is 13.3. The van der Waals surface area contributed by atoms with Gasteiger partial charge in [-0.1, -0.05) is 54.6 Å². The van der Waals surface area contributed by atoms with Gasteiger partial charge in [-0.15, -0.1) is 0 Å². The smallest absolute Gasteiger partial charge is 0.317 e. The van der Waals surface area contributed by atoms with Gasteiger partial charge in [0.25, 0.3) is 0 Å². The number of methoxy groups -OCH3 is 2. The molecule has 5 nitrogen and oxygen atoms in total. The number of benzene rings is 3. The molecule has 160 valence electrons.